The van der Waals surface area contributed by atoms with Crippen molar-refractivity contribution in [2.75, 3.05) is 5.73 Å². The van der Waals surface area contributed by atoms with Crippen LogP contribution in [0, 0.1) is 6.92 Å². The fourth-order valence-electron chi connectivity index (χ4n) is 3.67. The molecule has 4 rings (SSSR count). The van der Waals surface area contributed by atoms with Gasteiger partial charge in [0.15, 0.2) is 5.82 Å². The third-order valence-corrected chi connectivity index (χ3v) is 5.13. The Morgan fingerprint density at radius 2 is 1.64 bits per heavy atom. The number of benzene rings is 2. The van der Waals surface area contributed by atoms with Crippen molar-refractivity contribution in [3.05, 3.63) is 77.0 Å². The second kappa shape index (κ2) is 7.56. The maximum atomic E-state index is 9.50. The summed E-state index contributed by atoms with van der Waals surface area (Å²) < 4.78 is 0. The fraction of sp³-hybridized carbons (Fsp3) is 0.250. The van der Waals surface area contributed by atoms with Gasteiger partial charge in [-0.25, -0.2) is 4.98 Å². The summed E-state index contributed by atoms with van der Waals surface area (Å²) in [7, 11) is 0. The summed E-state index contributed by atoms with van der Waals surface area (Å²) in [5, 5.41) is 11.7. The molecule has 0 spiro atoms. The van der Waals surface area contributed by atoms with Gasteiger partial charge in [0.05, 0.1) is 11.6 Å². The van der Waals surface area contributed by atoms with E-state index < -0.39 is 0 Å². The minimum absolute atomic E-state index is 0.310. The van der Waals surface area contributed by atoms with Crippen molar-refractivity contribution in [3.63, 3.8) is 0 Å². The maximum absolute atomic E-state index is 9.50. The first kappa shape index (κ1) is 18.4. The Hall–Kier alpha value is -2.98. The molecule has 2 aromatic heterocycles. The molecule has 4 heteroatoms. The van der Waals surface area contributed by atoms with E-state index in [9.17, 15) is 5.11 Å². The highest BCUT2D eigenvalue weighted by molar-refractivity contribution is 6.08. The quantitative estimate of drug-likeness (QED) is 0.511. The molecule has 0 saturated heterocycles. The van der Waals surface area contributed by atoms with Gasteiger partial charge in [-0.3, -0.25) is 4.98 Å². The zero-order valence-corrected chi connectivity index (χ0v) is 16.3. The minimum Gasteiger partial charge on any atom is -0.393 e. The molecule has 28 heavy (non-hydrogen) atoms. The smallest absolute Gasteiger partial charge is 0.150 e. The van der Waals surface area contributed by atoms with Crippen LogP contribution in [0.15, 0.2) is 54.7 Å². The van der Waals surface area contributed by atoms with Gasteiger partial charge in [-0.2, -0.15) is 0 Å². The van der Waals surface area contributed by atoms with Gasteiger partial charge < -0.3 is 10.8 Å². The van der Waals surface area contributed by atoms with E-state index in [4.69, 9.17) is 5.73 Å². The lowest BCUT2D eigenvalue weighted by Crippen LogP contribution is -2.04. The van der Waals surface area contributed by atoms with Crippen LogP contribution in [0.2, 0.25) is 0 Å². The highest BCUT2D eigenvalue weighted by atomic mass is 16.3. The van der Waals surface area contributed by atoms with Crippen LogP contribution in [0.4, 0.5) is 5.82 Å². The molecule has 0 aliphatic carbocycles. The van der Waals surface area contributed by atoms with E-state index in [2.05, 4.69) is 65.4 Å². The summed E-state index contributed by atoms with van der Waals surface area (Å²) >= 11 is 0. The molecule has 0 fully saturated rings. The van der Waals surface area contributed by atoms with Gasteiger partial charge in [-0.15, -0.1) is 0 Å². The van der Waals surface area contributed by atoms with Gasteiger partial charge >= 0.3 is 0 Å². The Bertz CT molecular complexity index is 1130. The van der Waals surface area contributed by atoms with Crippen LogP contribution < -0.4 is 5.73 Å². The highest BCUT2D eigenvalue weighted by Gasteiger charge is 2.09. The number of hydrogen-bond acceptors (Lipinski definition) is 4. The van der Waals surface area contributed by atoms with Crippen molar-refractivity contribution >= 4 is 27.6 Å². The van der Waals surface area contributed by atoms with E-state index in [1.807, 2.05) is 13.1 Å². The number of aryl methyl sites for hydroxylation is 3. The number of nitrogen functional groups attached to an aromatic ring is 1. The van der Waals surface area contributed by atoms with Gasteiger partial charge in [0.2, 0.25) is 0 Å². The van der Waals surface area contributed by atoms with Crippen molar-refractivity contribution in [2.45, 2.75) is 39.2 Å². The van der Waals surface area contributed by atoms with E-state index in [1.54, 1.807) is 0 Å². The summed E-state index contributed by atoms with van der Waals surface area (Å²) in [5.74, 6) is 0.480. The lowest BCUT2D eigenvalue weighted by molar-refractivity contribution is 0.195. The third kappa shape index (κ3) is 3.82. The van der Waals surface area contributed by atoms with Crippen LogP contribution >= 0.6 is 0 Å². The number of nitrogens with zero attached hydrogens (tertiary/aromatic N) is 2. The summed E-state index contributed by atoms with van der Waals surface area (Å²) in [4.78, 5) is 9.11. The van der Waals surface area contributed by atoms with Crippen LogP contribution in [-0.2, 0) is 19.3 Å². The molecule has 1 atom stereocenters. The first-order chi connectivity index (χ1) is 13.5. The van der Waals surface area contributed by atoms with Crippen LogP contribution in [0.3, 0.4) is 0 Å². The summed E-state index contributed by atoms with van der Waals surface area (Å²) in [6, 6.07) is 16.9. The normalized spacial score (nSPS) is 12.5. The number of aliphatic hydroxyl groups is 1. The van der Waals surface area contributed by atoms with Crippen molar-refractivity contribution in [1.82, 2.24) is 9.97 Å². The number of pyridine rings is 2. The number of hydrogen-bond donors (Lipinski definition) is 2. The van der Waals surface area contributed by atoms with Crippen LogP contribution in [-0.4, -0.2) is 21.2 Å². The number of fused-ring (bicyclic) bond motifs is 3. The molecule has 1 unspecified atom stereocenters. The molecular weight excluding hydrogens is 346 g/mol. The molecule has 0 radical (unpaired) electrons. The molecular formula is C24H25N3O. The summed E-state index contributed by atoms with van der Waals surface area (Å²) in [6.45, 7) is 3.87. The van der Waals surface area contributed by atoms with E-state index in [0.717, 1.165) is 40.2 Å². The lowest BCUT2D eigenvalue weighted by Gasteiger charge is -2.09. The predicted molar refractivity (Wildman–Crippen MR) is 115 cm³/mol. The second-order valence-electron chi connectivity index (χ2n) is 7.63. The molecule has 2 heterocycles. The molecule has 2 aromatic carbocycles. The van der Waals surface area contributed by atoms with E-state index >= 15 is 0 Å². The zero-order valence-electron chi connectivity index (χ0n) is 16.3. The molecule has 3 N–H and O–H groups in total. The Morgan fingerprint density at radius 3 is 2.39 bits per heavy atom. The molecule has 142 valence electrons. The largest absolute Gasteiger partial charge is 0.393 e. The monoisotopic (exact) mass is 371 g/mol. The predicted octanol–water partition coefficient (Wildman–Crippen LogP) is 4.38. The van der Waals surface area contributed by atoms with E-state index in [1.165, 1.54) is 16.7 Å². The number of anilines is 1. The topological polar surface area (TPSA) is 72.0 Å². The molecule has 0 saturated carbocycles. The molecule has 0 bridgehead atoms. The van der Waals surface area contributed by atoms with Crippen LogP contribution in [0.25, 0.3) is 21.8 Å². The van der Waals surface area contributed by atoms with Gasteiger partial charge in [-0.1, -0.05) is 36.4 Å². The maximum Gasteiger partial charge on any atom is 0.150 e. The van der Waals surface area contributed by atoms with Crippen LogP contribution in [0.1, 0.15) is 29.2 Å². The number of nitrogens with two attached hydrogens (primary N) is 1. The van der Waals surface area contributed by atoms with Crippen LogP contribution in [0.5, 0.6) is 0 Å². The molecule has 0 aliphatic heterocycles. The van der Waals surface area contributed by atoms with Crippen molar-refractivity contribution < 1.29 is 5.11 Å². The third-order valence-electron chi connectivity index (χ3n) is 5.13. The molecule has 4 aromatic rings. The zero-order chi connectivity index (χ0) is 19.7. The van der Waals surface area contributed by atoms with Crippen molar-refractivity contribution in [3.8, 4) is 0 Å². The van der Waals surface area contributed by atoms with Gasteiger partial charge in [0, 0.05) is 17.0 Å². The van der Waals surface area contributed by atoms with Gasteiger partial charge in [-0.05, 0) is 67.5 Å². The molecule has 4 nitrogen and oxygen atoms in total. The Labute approximate surface area is 165 Å². The number of aromatic nitrogens is 2. The second-order valence-corrected chi connectivity index (χ2v) is 7.63. The Kier molecular flexibility index (Phi) is 4.97. The van der Waals surface area contributed by atoms with E-state index in [-0.39, 0.29) is 6.10 Å². The van der Waals surface area contributed by atoms with Crippen molar-refractivity contribution in [1.29, 1.82) is 0 Å². The van der Waals surface area contributed by atoms with Crippen molar-refractivity contribution in [2.24, 2.45) is 0 Å². The standard InChI is InChI=1S/C24H25N3O/c1-15-3-10-20-21-13-19(14-26-23(21)24(25)27-22(20)11-15)9-6-17-4-7-18(8-5-17)12-16(2)28/h3-5,7-8,10-11,13-14,16,28H,6,9,12H2,1-2H3,(H2,25,27). The molecule has 0 amide bonds. The molecule has 0 aliphatic rings. The number of aliphatic hydroxyl groups excluding tert-OH is 1. The average molecular weight is 371 g/mol. The summed E-state index contributed by atoms with van der Waals surface area (Å²) in [6.07, 6.45) is 4.14. The lowest BCUT2D eigenvalue weighted by atomic mass is 10.0. The Morgan fingerprint density at radius 1 is 0.929 bits per heavy atom. The fourth-order valence-corrected chi connectivity index (χ4v) is 3.67. The average Bonchev–Trinajstić information content (AvgIpc) is 2.67. The van der Waals surface area contributed by atoms with E-state index in [0.29, 0.717) is 12.2 Å². The summed E-state index contributed by atoms with van der Waals surface area (Å²) in [5.41, 5.74) is 12.6. The Balaban J connectivity index is 1.60. The minimum atomic E-state index is -0.310. The first-order valence-corrected chi connectivity index (χ1v) is 9.70. The van der Waals surface area contributed by atoms with Gasteiger partial charge in [0.25, 0.3) is 0 Å². The number of rotatable bonds is 5. The highest BCUT2D eigenvalue weighted by Crippen LogP contribution is 2.28. The van der Waals surface area contributed by atoms with Gasteiger partial charge in [0.1, 0.15) is 5.52 Å². The first-order valence-electron chi connectivity index (χ1n) is 9.70. The SMILES string of the molecule is Cc1ccc2c(c1)nc(N)c1ncc(CCc3ccc(CC(C)O)cc3)cc12.